The van der Waals surface area contributed by atoms with E-state index in [2.05, 4.69) is 39.7 Å². The summed E-state index contributed by atoms with van der Waals surface area (Å²) in [6.07, 6.45) is 11.6. The predicted octanol–water partition coefficient (Wildman–Crippen LogP) is 5.46. The van der Waals surface area contributed by atoms with Crippen LogP contribution in [0.5, 0.6) is 0 Å². The summed E-state index contributed by atoms with van der Waals surface area (Å²) in [7, 11) is 0. The number of nitrogens with two attached hydrogens (primary N) is 1. The van der Waals surface area contributed by atoms with Crippen LogP contribution < -0.4 is 5.73 Å². The van der Waals surface area contributed by atoms with Gasteiger partial charge < -0.3 is 5.73 Å². The first-order chi connectivity index (χ1) is 9.35. The van der Waals surface area contributed by atoms with Gasteiger partial charge in [0.05, 0.1) is 0 Å². The third kappa shape index (κ3) is 4.41. The maximum absolute atomic E-state index is 6.13. The lowest BCUT2D eigenvalue weighted by atomic mass is 9.70. The minimum Gasteiger partial charge on any atom is -0.402 e. The van der Waals surface area contributed by atoms with Crippen LogP contribution in [0.25, 0.3) is 0 Å². The van der Waals surface area contributed by atoms with Crippen LogP contribution in [0.2, 0.25) is 0 Å². The molecule has 1 atom stereocenters. The van der Waals surface area contributed by atoms with Gasteiger partial charge in [0.25, 0.3) is 0 Å². The van der Waals surface area contributed by atoms with Crippen LogP contribution in [0.1, 0.15) is 40.5 Å². The zero-order valence-corrected chi connectivity index (χ0v) is 13.5. The molecule has 0 saturated heterocycles. The summed E-state index contributed by atoms with van der Waals surface area (Å²) in [6, 6.07) is 0. The molecule has 20 heavy (non-hydrogen) atoms. The minimum atomic E-state index is -0.346. The summed E-state index contributed by atoms with van der Waals surface area (Å²) in [6.45, 7) is 20.3. The molecule has 0 aliphatic rings. The van der Waals surface area contributed by atoms with E-state index in [0.717, 1.165) is 18.4 Å². The minimum absolute atomic E-state index is 0.346. The highest BCUT2D eigenvalue weighted by atomic mass is 14.6. The second kappa shape index (κ2) is 8.42. The molecular formula is C19H29N. The van der Waals surface area contributed by atoms with Crippen molar-refractivity contribution in [1.29, 1.82) is 0 Å². The van der Waals surface area contributed by atoms with E-state index in [4.69, 9.17) is 5.73 Å². The number of hydrogen-bond donors (Lipinski definition) is 1. The van der Waals surface area contributed by atoms with Gasteiger partial charge in [-0.3, -0.25) is 0 Å². The largest absolute Gasteiger partial charge is 0.402 e. The third-order valence-electron chi connectivity index (χ3n) is 3.75. The maximum atomic E-state index is 6.13. The Morgan fingerprint density at radius 3 is 2.05 bits per heavy atom. The molecule has 0 aromatic carbocycles. The van der Waals surface area contributed by atoms with Gasteiger partial charge in [-0.05, 0) is 46.1 Å². The first-order valence-electron chi connectivity index (χ1n) is 7.02. The average Bonchev–Trinajstić information content (AvgIpc) is 2.38. The average molecular weight is 271 g/mol. The van der Waals surface area contributed by atoms with Crippen molar-refractivity contribution in [1.82, 2.24) is 0 Å². The van der Waals surface area contributed by atoms with Crippen molar-refractivity contribution in [3.05, 3.63) is 72.5 Å². The highest BCUT2D eigenvalue weighted by Crippen LogP contribution is 2.42. The lowest BCUT2D eigenvalue weighted by molar-refractivity contribution is 0.436. The zero-order chi connectivity index (χ0) is 15.8. The fourth-order valence-electron chi connectivity index (χ4n) is 2.36. The molecule has 0 rings (SSSR count). The molecule has 110 valence electrons. The summed E-state index contributed by atoms with van der Waals surface area (Å²) in [4.78, 5) is 0. The molecule has 0 spiro atoms. The normalized spacial score (nSPS) is 16.0. The molecule has 0 aliphatic heterocycles. The van der Waals surface area contributed by atoms with Crippen LogP contribution in [0.3, 0.4) is 0 Å². The highest BCUT2D eigenvalue weighted by Gasteiger charge is 2.33. The van der Waals surface area contributed by atoms with Gasteiger partial charge in [-0.15, -0.1) is 6.58 Å². The van der Waals surface area contributed by atoms with Gasteiger partial charge >= 0.3 is 0 Å². The topological polar surface area (TPSA) is 26.0 Å². The van der Waals surface area contributed by atoms with Gasteiger partial charge in [0.2, 0.25) is 0 Å². The Bertz CT molecular complexity index is 460. The highest BCUT2D eigenvalue weighted by molar-refractivity contribution is 5.37. The van der Waals surface area contributed by atoms with E-state index >= 15 is 0 Å². The SMILES string of the molecule is C=CCC(C/C(C)=C(C)\C=C/C)(C(=C)N)C(=C)/C=C/C. The Balaban J connectivity index is 5.76. The molecule has 1 unspecified atom stereocenters. The Morgan fingerprint density at radius 1 is 1.10 bits per heavy atom. The molecule has 0 aliphatic carbocycles. The molecule has 0 heterocycles. The van der Waals surface area contributed by atoms with Crippen LogP contribution in [0.15, 0.2) is 72.5 Å². The monoisotopic (exact) mass is 271 g/mol. The lowest BCUT2D eigenvalue weighted by Gasteiger charge is -2.35. The second-order valence-electron chi connectivity index (χ2n) is 5.27. The summed E-state index contributed by atoms with van der Waals surface area (Å²) in [5.41, 5.74) is 9.97. The van der Waals surface area contributed by atoms with Crippen molar-refractivity contribution in [2.45, 2.75) is 40.5 Å². The first kappa shape index (κ1) is 18.2. The van der Waals surface area contributed by atoms with Gasteiger partial charge in [0.15, 0.2) is 0 Å². The molecule has 1 heteroatoms. The van der Waals surface area contributed by atoms with E-state index in [9.17, 15) is 0 Å². The number of allylic oxidation sites excluding steroid dienone is 8. The van der Waals surface area contributed by atoms with Crippen molar-refractivity contribution in [2.75, 3.05) is 0 Å². The van der Waals surface area contributed by atoms with Gasteiger partial charge in [-0.2, -0.15) is 0 Å². The number of rotatable bonds is 8. The van der Waals surface area contributed by atoms with E-state index < -0.39 is 0 Å². The molecule has 0 bridgehead atoms. The summed E-state index contributed by atoms with van der Waals surface area (Å²) >= 11 is 0. The fraction of sp³-hybridized carbons (Fsp3) is 0.368. The van der Waals surface area contributed by atoms with E-state index in [1.54, 1.807) is 0 Å². The Morgan fingerprint density at radius 2 is 1.65 bits per heavy atom. The van der Waals surface area contributed by atoms with Crippen molar-refractivity contribution in [3.8, 4) is 0 Å². The summed E-state index contributed by atoms with van der Waals surface area (Å²) < 4.78 is 0. The van der Waals surface area contributed by atoms with Crippen molar-refractivity contribution >= 4 is 0 Å². The van der Waals surface area contributed by atoms with Crippen LogP contribution in [0.4, 0.5) is 0 Å². The van der Waals surface area contributed by atoms with E-state index in [-0.39, 0.29) is 5.41 Å². The predicted molar refractivity (Wildman–Crippen MR) is 92.3 cm³/mol. The molecular weight excluding hydrogens is 242 g/mol. The van der Waals surface area contributed by atoms with Crippen LogP contribution in [-0.2, 0) is 0 Å². The second-order valence-corrected chi connectivity index (χ2v) is 5.27. The molecule has 0 radical (unpaired) electrons. The third-order valence-corrected chi connectivity index (χ3v) is 3.75. The Kier molecular flexibility index (Phi) is 7.68. The van der Waals surface area contributed by atoms with Crippen molar-refractivity contribution in [3.63, 3.8) is 0 Å². The van der Waals surface area contributed by atoms with Gasteiger partial charge in [0.1, 0.15) is 0 Å². The van der Waals surface area contributed by atoms with E-state index in [1.807, 2.05) is 38.2 Å². The van der Waals surface area contributed by atoms with E-state index in [0.29, 0.717) is 5.70 Å². The molecule has 1 nitrogen and oxygen atoms in total. The Hall–Kier alpha value is -1.76. The van der Waals surface area contributed by atoms with Gasteiger partial charge in [0, 0.05) is 11.1 Å². The van der Waals surface area contributed by atoms with Crippen molar-refractivity contribution in [2.24, 2.45) is 11.1 Å². The van der Waals surface area contributed by atoms with Crippen molar-refractivity contribution < 1.29 is 0 Å². The van der Waals surface area contributed by atoms with Crippen LogP contribution >= 0.6 is 0 Å². The molecule has 0 saturated carbocycles. The van der Waals surface area contributed by atoms with Crippen LogP contribution in [0, 0.1) is 5.41 Å². The standard InChI is InChI=1S/C19H29N/c1-8-11-15(4)16(5)14-19(13-10-3,18(7)20)17(6)12-9-2/h8-12H,3,6-7,13-14,20H2,1-2,4-5H3/b11-8-,12-9+,16-15-. The molecule has 0 amide bonds. The quantitative estimate of drug-likeness (QED) is 0.460. The summed E-state index contributed by atoms with van der Waals surface area (Å²) in [5, 5.41) is 0. The lowest BCUT2D eigenvalue weighted by Crippen LogP contribution is -2.29. The van der Waals surface area contributed by atoms with Gasteiger partial charge in [-0.1, -0.05) is 54.7 Å². The van der Waals surface area contributed by atoms with E-state index in [1.165, 1.54) is 11.1 Å². The van der Waals surface area contributed by atoms with Gasteiger partial charge in [-0.25, -0.2) is 0 Å². The summed E-state index contributed by atoms with van der Waals surface area (Å²) in [5.74, 6) is 0. The number of hydrogen-bond acceptors (Lipinski definition) is 1. The van der Waals surface area contributed by atoms with Crippen LogP contribution in [-0.4, -0.2) is 0 Å². The Labute approximate surface area is 125 Å². The molecule has 0 aromatic rings. The fourth-order valence-corrected chi connectivity index (χ4v) is 2.36. The first-order valence-corrected chi connectivity index (χ1v) is 7.02. The molecule has 0 aromatic heterocycles. The molecule has 2 N–H and O–H groups in total. The molecule has 0 fully saturated rings. The smallest absolute Gasteiger partial charge is 0.0407 e. The maximum Gasteiger partial charge on any atom is 0.0407 e. The zero-order valence-electron chi connectivity index (χ0n) is 13.5.